The monoisotopic (exact) mass is 434 g/mol. The summed E-state index contributed by atoms with van der Waals surface area (Å²) in [4.78, 5) is 29.1. The summed E-state index contributed by atoms with van der Waals surface area (Å²) in [6.07, 6.45) is 8.19. The highest BCUT2D eigenvalue weighted by molar-refractivity contribution is 6.32. The second-order valence-corrected chi connectivity index (χ2v) is 8.19. The van der Waals surface area contributed by atoms with E-state index in [4.69, 9.17) is 21.1 Å². The highest BCUT2D eigenvalue weighted by Crippen LogP contribution is 2.36. The summed E-state index contributed by atoms with van der Waals surface area (Å²) in [5.41, 5.74) is 0.771. The molecular formula is C23H31ClN2O4. The third-order valence-electron chi connectivity index (χ3n) is 5.78. The van der Waals surface area contributed by atoms with Gasteiger partial charge in [0.2, 0.25) is 11.8 Å². The van der Waals surface area contributed by atoms with Gasteiger partial charge in [0.1, 0.15) is 0 Å². The molecule has 0 saturated carbocycles. The Morgan fingerprint density at radius 2 is 1.80 bits per heavy atom. The number of likely N-dealkylation sites (tertiary alicyclic amines) is 2. The third kappa shape index (κ3) is 5.48. The summed E-state index contributed by atoms with van der Waals surface area (Å²) in [5, 5.41) is 0.438. The van der Waals surface area contributed by atoms with Gasteiger partial charge in [-0.2, -0.15) is 0 Å². The molecule has 2 fully saturated rings. The molecule has 164 valence electrons. The van der Waals surface area contributed by atoms with Crippen LogP contribution >= 0.6 is 11.6 Å². The summed E-state index contributed by atoms with van der Waals surface area (Å²) in [6, 6.07) is 3.55. The smallest absolute Gasteiger partial charge is 0.246 e. The molecule has 0 bridgehead atoms. The van der Waals surface area contributed by atoms with Crippen molar-refractivity contribution in [1.29, 1.82) is 0 Å². The fraction of sp³-hybridized carbons (Fsp3) is 0.565. The maximum absolute atomic E-state index is 12.7. The number of methoxy groups -OCH3 is 1. The van der Waals surface area contributed by atoms with Crippen LogP contribution < -0.4 is 9.47 Å². The van der Waals surface area contributed by atoms with Gasteiger partial charge < -0.3 is 19.3 Å². The largest absolute Gasteiger partial charge is 0.491 e. The average molecular weight is 435 g/mol. The van der Waals surface area contributed by atoms with Gasteiger partial charge >= 0.3 is 0 Å². The van der Waals surface area contributed by atoms with Gasteiger partial charge in [0, 0.05) is 38.2 Å². The van der Waals surface area contributed by atoms with Crippen molar-refractivity contribution in [3.05, 3.63) is 28.8 Å². The van der Waals surface area contributed by atoms with E-state index in [9.17, 15) is 9.59 Å². The minimum Gasteiger partial charge on any atom is -0.491 e. The van der Waals surface area contributed by atoms with E-state index in [1.807, 2.05) is 22.8 Å². The van der Waals surface area contributed by atoms with Gasteiger partial charge in [0.05, 0.1) is 18.7 Å². The molecule has 3 rings (SSSR count). The highest BCUT2D eigenvalue weighted by atomic mass is 35.5. The molecule has 0 unspecified atom stereocenters. The standard InChI is InChI=1S/C23H31ClN2O4/c1-3-30-20-16-17(15-19(24)22(20)29-2)7-8-21(27)25-13-9-18(10-14-25)23(28)26-11-5-4-6-12-26/h7-8,15-16,18H,3-6,9-14H2,1-2H3/b8-7+. The van der Waals surface area contributed by atoms with Crippen molar-refractivity contribution in [3.8, 4) is 11.5 Å². The molecule has 0 spiro atoms. The lowest BCUT2D eigenvalue weighted by molar-refractivity contribution is -0.140. The molecule has 6 nitrogen and oxygen atoms in total. The number of halogens is 1. The zero-order chi connectivity index (χ0) is 21.5. The lowest BCUT2D eigenvalue weighted by Crippen LogP contribution is -2.45. The van der Waals surface area contributed by atoms with Crippen LogP contribution in [0.15, 0.2) is 18.2 Å². The molecule has 0 aromatic heterocycles. The van der Waals surface area contributed by atoms with E-state index < -0.39 is 0 Å². The van der Waals surface area contributed by atoms with Gasteiger partial charge in [-0.3, -0.25) is 9.59 Å². The Morgan fingerprint density at radius 1 is 1.10 bits per heavy atom. The number of piperidine rings is 2. The number of benzene rings is 1. The molecule has 0 aliphatic carbocycles. The number of hydrogen-bond acceptors (Lipinski definition) is 4. The first-order valence-electron chi connectivity index (χ1n) is 10.8. The van der Waals surface area contributed by atoms with Gasteiger partial charge in [0.15, 0.2) is 11.5 Å². The minimum atomic E-state index is -0.0521. The molecule has 1 aromatic rings. The van der Waals surface area contributed by atoms with Crippen LogP contribution in [-0.2, 0) is 9.59 Å². The summed E-state index contributed by atoms with van der Waals surface area (Å²) >= 11 is 6.27. The molecule has 0 radical (unpaired) electrons. The van der Waals surface area contributed by atoms with E-state index >= 15 is 0 Å². The van der Waals surface area contributed by atoms with Gasteiger partial charge in [-0.15, -0.1) is 0 Å². The molecular weight excluding hydrogens is 404 g/mol. The van der Waals surface area contributed by atoms with Gasteiger partial charge in [-0.1, -0.05) is 11.6 Å². The van der Waals surface area contributed by atoms with Gasteiger partial charge in [-0.05, 0) is 62.8 Å². The first-order chi connectivity index (χ1) is 14.5. The zero-order valence-corrected chi connectivity index (χ0v) is 18.6. The topological polar surface area (TPSA) is 59.1 Å². The molecule has 1 aromatic carbocycles. The number of rotatable bonds is 6. The van der Waals surface area contributed by atoms with Crippen molar-refractivity contribution < 1.29 is 19.1 Å². The van der Waals surface area contributed by atoms with Crippen LogP contribution in [0, 0.1) is 5.92 Å². The van der Waals surface area contributed by atoms with Crippen LogP contribution in [-0.4, -0.2) is 61.5 Å². The zero-order valence-electron chi connectivity index (χ0n) is 17.9. The van der Waals surface area contributed by atoms with Crippen LogP contribution in [0.4, 0.5) is 0 Å². The van der Waals surface area contributed by atoms with E-state index in [0.717, 1.165) is 44.3 Å². The van der Waals surface area contributed by atoms with Gasteiger partial charge in [-0.25, -0.2) is 0 Å². The molecule has 2 aliphatic heterocycles. The number of carbonyl (C=O) groups excluding carboxylic acids is 2. The van der Waals surface area contributed by atoms with Crippen molar-refractivity contribution >= 4 is 29.5 Å². The maximum Gasteiger partial charge on any atom is 0.246 e. The molecule has 0 N–H and O–H groups in total. The number of hydrogen-bond donors (Lipinski definition) is 0. The highest BCUT2D eigenvalue weighted by Gasteiger charge is 2.30. The van der Waals surface area contributed by atoms with E-state index in [1.165, 1.54) is 6.42 Å². The third-order valence-corrected chi connectivity index (χ3v) is 6.06. The van der Waals surface area contributed by atoms with E-state index in [1.54, 1.807) is 25.3 Å². The normalized spacial score (nSPS) is 18.0. The van der Waals surface area contributed by atoms with E-state index in [-0.39, 0.29) is 17.7 Å². The van der Waals surface area contributed by atoms with Crippen LogP contribution in [0.1, 0.15) is 44.6 Å². The summed E-state index contributed by atoms with van der Waals surface area (Å²) in [7, 11) is 1.54. The lowest BCUT2D eigenvalue weighted by atomic mass is 9.94. The Hall–Kier alpha value is -2.21. The fourth-order valence-electron chi connectivity index (χ4n) is 4.14. The second-order valence-electron chi connectivity index (χ2n) is 7.79. The van der Waals surface area contributed by atoms with E-state index in [0.29, 0.717) is 36.2 Å². The first kappa shape index (κ1) is 22.5. The Morgan fingerprint density at radius 3 is 2.43 bits per heavy atom. The molecule has 2 saturated heterocycles. The van der Waals surface area contributed by atoms with Crippen molar-refractivity contribution in [3.63, 3.8) is 0 Å². The number of ether oxygens (including phenoxy) is 2. The van der Waals surface area contributed by atoms with Crippen molar-refractivity contribution in [2.24, 2.45) is 5.92 Å². The Balaban J connectivity index is 1.56. The van der Waals surface area contributed by atoms with Crippen LogP contribution in [0.5, 0.6) is 11.5 Å². The molecule has 7 heteroatoms. The van der Waals surface area contributed by atoms with E-state index in [2.05, 4.69) is 0 Å². The number of amides is 2. The average Bonchev–Trinajstić information content (AvgIpc) is 2.78. The Kier molecular flexibility index (Phi) is 8.02. The molecule has 2 aliphatic rings. The summed E-state index contributed by atoms with van der Waals surface area (Å²) < 4.78 is 10.9. The van der Waals surface area contributed by atoms with Gasteiger partial charge in [0.25, 0.3) is 0 Å². The van der Waals surface area contributed by atoms with Crippen LogP contribution in [0.3, 0.4) is 0 Å². The van der Waals surface area contributed by atoms with Crippen LogP contribution in [0.25, 0.3) is 6.08 Å². The van der Waals surface area contributed by atoms with Crippen molar-refractivity contribution in [1.82, 2.24) is 9.80 Å². The predicted octanol–water partition coefficient (Wildman–Crippen LogP) is 4.01. The minimum absolute atomic E-state index is 0.0466. The summed E-state index contributed by atoms with van der Waals surface area (Å²) in [6.45, 7) is 5.37. The first-order valence-corrected chi connectivity index (χ1v) is 11.2. The molecule has 2 amide bonds. The number of carbonyl (C=O) groups is 2. The van der Waals surface area contributed by atoms with Crippen molar-refractivity contribution in [2.45, 2.75) is 39.0 Å². The fourth-order valence-corrected chi connectivity index (χ4v) is 4.43. The Bertz CT molecular complexity index is 782. The van der Waals surface area contributed by atoms with Crippen molar-refractivity contribution in [2.75, 3.05) is 39.9 Å². The number of nitrogens with zero attached hydrogens (tertiary/aromatic N) is 2. The molecule has 30 heavy (non-hydrogen) atoms. The predicted molar refractivity (Wildman–Crippen MR) is 118 cm³/mol. The molecule has 0 atom stereocenters. The lowest BCUT2D eigenvalue weighted by Gasteiger charge is -2.35. The second kappa shape index (κ2) is 10.7. The SMILES string of the molecule is CCOc1cc(/C=C/C(=O)N2CCC(C(=O)N3CCCCC3)CC2)cc(Cl)c1OC. The maximum atomic E-state index is 12.7. The summed E-state index contributed by atoms with van der Waals surface area (Å²) in [5.74, 6) is 1.31. The quantitative estimate of drug-likeness (QED) is 0.634. The molecule has 2 heterocycles. The van der Waals surface area contributed by atoms with Crippen LogP contribution in [0.2, 0.25) is 5.02 Å². The Labute approximate surface area is 183 Å².